The van der Waals surface area contributed by atoms with Crippen molar-refractivity contribution in [3.63, 3.8) is 0 Å². The fourth-order valence-electron chi connectivity index (χ4n) is 1.60. The first-order chi connectivity index (χ1) is 8.17. The SMILES string of the molecule is COc1ccc(CNC(C)CCCO)c(O)c1. The van der Waals surface area contributed by atoms with E-state index in [1.54, 1.807) is 13.2 Å². The van der Waals surface area contributed by atoms with Gasteiger partial charge in [0.1, 0.15) is 11.5 Å². The Bertz CT molecular complexity index is 341. The van der Waals surface area contributed by atoms with Crippen molar-refractivity contribution in [2.75, 3.05) is 13.7 Å². The lowest BCUT2D eigenvalue weighted by Gasteiger charge is -2.14. The predicted molar refractivity (Wildman–Crippen MR) is 67.3 cm³/mol. The van der Waals surface area contributed by atoms with Crippen LogP contribution in [0.15, 0.2) is 18.2 Å². The van der Waals surface area contributed by atoms with Gasteiger partial charge in [-0.25, -0.2) is 0 Å². The van der Waals surface area contributed by atoms with Crippen LogP contribution >= 0.6 is 0 Å². The van der Waals surface area contributed by atoms with Crippen molar-refractivity contribution in [1.29, 1.82) is 0 Å². The molecule has 1 atom stereocenters. The number of aliphatic hydroxyl groups excluding tert-OH is 1. The van der Waals surface area contributed by atoms with E-state index in [9.17, 15) is 5.11 Å². The van der Waals surface area contributed by atoms with Crippen LogP contribution in [0.3, 0.4) is 0 Å². The number of phenolic OH excluding ortho intramolecular Hbond substituents is 1. The van der Waals surface area contributed by atoms with Gasteiger partial charge in [0, 0.05) is 30.8 Å². The van der Waals surface area contributed by atoms with Gasteiger partial charge in [0.05, 0.1) is 7.11 Å². The number of ether oxygens (including phenoxy) is 1. The molecule has 0 aliphatic heterocycles. The van der Waals surface area contributed by atoms with Crippen molar-refractivity contribution in [1.82, 2.24) is 5.32 Å². The van der Waals surface area contributed by atoms with Crippen molar-refractivity contribution in [2.45, 2.75) is 32.4 Å². The summed E-state index contributed by atoms with van der Waals surface area (Å²) in [6.45, 7) is 2.90. The van der Waals surface area contributed by atoms with E-state index in [4.69, 9.17) is 9.84 Å². The molecule has 0 radical (unpaired) electrons. The fraction of sp³-hybridized carbons (Fsp3) is 0.538. The Balaban J connectivity index is 2.46. The molecule has 4 heteroatoms. The van der Waals surface area contributed by atoms with Crippen LogP contribution in [0.25, 0.3) is 0 Å². The van der Waals surface area contributed by atoms with Gasteiger partial charge in [0.2, 0.25) is 0 Å². The summed E-state index contributed by atoms with van der Waals surface area (Å²) in [5.41, 5.74) is 0.849. The van der Waals surface area contributed by atoms with Gasteiger partial charge in [-0.2, -0.15) is 0 Å². The predicted octanol–water partition coefficient (Wildman–Crippen LogP) is 1.65. The number of rotatable bonds is 7. The lowest BCUT2D eigenvalue weighted by molar-refractivity contribution is 0.276. The van der Waals surface area contributed by atoms with E-state index in [0.29, 0.717) is 18.3 Å². The topological polar surface area (TPSA) is 61.7 Å². The highest BCUT2D eigenvalue weighted by Gasteiger charge is 2.05. The maximum Gasteiger partial charge on any atom is 0.123 e. The Hall–Kier alpha value is -1.26. The first-order valence-electron chi connectivity index (χ1n) is 5.87. The summed E-state index contributed by atoms with van der Waals surface area (Å²) in [6, 6.07) is 5.61. The van der Waals surface area contributed by atoms with E-state index in [2.05, 4.69) is 12.2 Å². The molecule has 0 amide bonds. The molecular weight excluding hydrogens is 218 g/mol. The van der Waals surface area contributed by atoms with E-state index >= 15 is 0 Å². The number of hydrogen-bond donors (Lipinski definition) is 3. The minimum atomic E-state index is 0.222. The molecule has 0 bridgehead atoms. The molecule has 0 aliphatic carbocycles. The summed E-state index contributed by atoms with van der Waals surface area (Å²) in [5.74, 6) is 0.894. The molecule has 1 aromatic carbocycles. The zero-order valence-electron chi connectivity index (χ0n) is 10.4. The Kier molecular flexibility index (Phi) is 5.80. The summed E-state index contributed by atoms with van der Waals surface area (Å²) < 4.78 is 5.02. The van der Waals surface area contributed by atoms with E-state index < -0.39 is 0 Å². The second-order valence-corrected chi connectivity index (χ2v) is 4.14. The zero-order valence-corrected chi connectivity index (χ0v) is 10.4. The Labute approximate surface area is 102 Å². The molecule has 96 valence electrons. The molecule has 3 N–H and O–H groups in total. The van der Waals surface area contributed by atoms with Gasteiger partial charge in [-0.15, -0.1) is 0 Å². The molecule has 1 unspecified atom stereocenters. The first kappa shape index (κ1) is 13.8. The van der Waals surface area contributed by atoms with Crippen molar-refractivity contribution >= 4 is 0 Å². The third-order valence-corrected chi connectivity index (χ3v) is 2.73. The van der Waals surface area contributed by atoms with Crippen LogP contribution in [0.2, 0.25) is 0 Å². The van der Waals surface area contributed by atoms with Crippen molar-refractivity contribution in [3.05, 3.63) is 23.8 Å². The highest BCUT2D eigenvalue weighted by atomic mass is 16.5. The van der Waals surface area contributed by atoms with E-state index in [-0.39, 0.29) is 12.4 Å². The second-order valence-electron chi connectivity index (χ2n) is 4.14. The minimum absolute atomic E-state index is 0.222. The largest absolute Gasteiger partial charge is 0.507 e. The van der Waals surface area contributed by atoms with E-state index in [1.165, 1.54) is 0 Å². The minimum Gasteiger partial charge on any atom is -0.507 e. The summed E-state index contributed by atoms with van der Waals surface area (Å²) >= 11 is 0. The molecular formula is C13H21NO3. The molecule has 4 nitrogen and oxygen atoms in total. The van der Waals surface area contributed by atoms with Gasteiger partial charge in [-0.05, 0) is 25.8 Å². The van der Waals surface area contributed by atoms with Gasteiger partial charge in [0.15, 0.2) is 0 Å². The molecule has 0 fully saturated rings. The third kappa shape index (κ3) is 4.63. The summed E-state index contributed by atoms with van der Waals surface area (Å²) in [6.07, 6.45) is 1.72. The Morgan fingerprint density at radius 2 is 2.18 bits per heavy atom. The van der Waals surface area contributed by atoms with Gasteiger partial charge < -0.3 is 20.3 Å². The Morgan fingerprint density at radius 3 is 2.76 bits per heavy atom. The standard InChI is InChI=1S/C13H21NO3/c1-10(4-3-7-15)14-9-11-5-6-12(17-2)8-13(11)16/h5-6,8,10,14-16H,3-4,7,9H2,1-2H3. The highest BCUT2D eigenvalue weighted by molar-refractivity contribution is 5.39. The van der Waals surface area contributed by atoms with Crippen molar-refractivity contribution in [3.8, 4) is 11.5 Å². The monoisotopic (exact) mass is 239 g/mol. The smallest absolute Gasteiger partial charge is 0.123 e. The molecule has 0 spiro atoms. The second kappa shape index (κ2) is 7.14. The van der Waals surface area contributed by atoms with Crippen LogP contribution < -0.4 is 10.1 Å². The van der Waals surface area contributed by atoms with Crippen molar-refractivity contribution in [2.24, 2.45) is 0 Å². The summed E-state index contributed by atoms with van der Waals surface area (Å²) in [4.78, 5) is 0. The number of hydrogen-bond acceptors (Lipinski definition) is 4. The summed E-state index contributed by atoms with van der Waals surface area (Å²) in [7, 11) is 1.57. The lowest BCUT2D eigenvalue weighted by Crippen LogP contribution is -2.25. The molecule has 17 heavy (non-hydrogen) atoms. The number of phenols is 1. The molecule has 0 saturated carbocycles. The van der Waals surface area contributed by atoms with Crippen LogP contribution in [0.4, 0.5) is 0 Å². The van der Waals surface area contributed by atoms with E-state index in [0.717, 1.165) is 18.4 Å². The average molecular weight is 239 g/mol. The third-order valence-electron chi connectivity index (χ3n) is 2.73. The highest BCUT2D eigenvalue weighted by Crippen LogP contribution is 2.23. The molecule has 1 rings (SSSR count). The number of benzene rings is 1. The maximum absolute atomic E-state index is 9.75. The fourth-order valence-corrected chi connectivity index (χ4v) is 1.60. The van der Waals surface area contributed by atoms with E-state index in [1.807, 2.05) is 12.1 Å². The van der Waals surface area contributed by atoms with Crippen LogP contribution in [-0.4, -0.2) is 30.0 Å². The normalized spacial score (nSPS) is 12.4. The average Bonchev–Trinajstić information content (AvgIpc) is 2.34. The number of aromatic hydroxyl groups is 1. The first-order valence-corrected chi connectivity index (χ1v) is 5.87. The number of nitrogens with one attached hydrogen (secondary N) is 1. The molecule has 0 aromatic heterocycles. The number of aliphatic hydroxyl groups is 1. The van der Waals surface area contributed by atoms with Crippen molar-refractivity contribution < 1.29 is 14.9 Å². The molecule has 1 aromatic rings. The lowest BCUT2D eigenvalue weighted by atomic mass is 10.1. The van der Waals surface area contributed by atoms with Crippen LogP contribution in [0, 0.1) is 0 Å². The van der Waals surface area contributed by atoms with Gasteiger partial charge in [0.25, 0.3) is 0 Å². The quantitative estimate of drug-likeness (QED) is 0.677. The summed E-state index contributed by atoms with van der Waals surface area (Å²) in [5, 5.41) is 21.8. The van der Waals surface area contributed by atoms with Crippen LogP contribution in [0.5, 0.6) is 11.5 Å². The van der Waals surface area contributed by atoms with Crippen LogP contribution in [0.1, 0.15) is 25.3 Å². The number of methoxy groups -OCH3 is 1. The van der Waals surface area contributed by atoms with Gasteiger partial charge >= 0.3 is 0 Å². The van der Waals surface area contributed by atoms with Gasteiger partial charge in [-0.3, -0.25) is 0 Å². The maximum atomic E-state index is 9.75. The Morgan fingerprint density at radius 1 is 1.41 bits per heavy atom. The molecule has 0 heterocycles. The molecule has 0 aliphatic rings. The zero-order chi connectivity index (χ0) is 12.7. The van der Waals surface area contributed by atoms with Crippen LogP contribution in [-0.2, 0) is 6.54 Å². The molecule has 0 saturated heterocycles. The van der Waals surface area contributed by atoms with Gasteiger partial charge in [-0.1, -0.05) is 6.07 Å².